The molecule has 1 heterocycles. The summed E-state index contributed by atoms with van der Waals surface area (Å²) in [5, 5.41) is 0. The molecule has 3 nitrogen and oxygen atoms in total. The number of rotatable bonds is 1. The van der Waals surface area contributed by atoms with E-state index in [-0.39, 0.29) is 22.9 Å². The van der Waals surface area contributed by atoms with Crippen molar-refractivity contribution in [1.82, 2.24) is 0 Å². The normalized spacial score (nSPS) is 30.3. The molecule has 1 fully saturated rings. The summed E-state index contributed by atoms with van der Waals surface area (Å²) in [6, 6.07) is 0. The fraction of sp³-hybridized carbons (Fsp3) is 0.800. The minimum absolute atomic E-state index is 0.0324. The Hall–Kier alpha value is -0.990. The molecule has 0 unspecified atom stereocenters. The first-order valence-corrected chi connectivity index (χ1v) is 6.98. The summed E-state index contributed by atoms with van der Waals surface area (Å²) in [4.78, 5) is 28.9. The SMILES string of the molecule is CC(C)(C)C1CC(=O)C(C2=NCCCC2)C(=O)C1. The zero-order chi connectivity index (χ0) is 13.3. The first-order chi connectivity index (χ1) is 8.39. The van der Waals surface area contributed by atoms with Gasteiger partial charge in [-0.1, -0.05) is 20.8 Å². The van der Waals surface area contributed by atoms with E-state index in [0.717, 1.165) is 31.5 Å². The van der Waals surface area contributed by atoms with E-state index in [1.165, 1.54) is 0 Å². The van der Waals surface area contributed by atoms with E-state index in [1.807, 2.05) is 0 Å². The molecule has 0 aromatic rings. The van der Waals surface area contributed by atoms with Crippen LogP contribution in [0.1, 0.15) is 52.9 Å². The summed E-state index contributed by atoms with van der Waals surface area (Å²) >= 11 is 0. The second-order valence-corrected chi connectivity index (χ2v) is 6.67. The van der Waals surface area contributed by atoms with Crippen molar-refractivity contribution in [3.05, 3.63) is 0 Å². The van der Waals surface area contributed by atoms with Crippen molar-refractivity contribution in [2.45, 2.75) is 52.9 Å². The van der Waals surface area contributed by atoms with Gasteiger partial charge < -0.3 is 0 Å². The van der Waals surface area contributed by atoms with E-state index < -0.39 is 5.92 Å². The average molecular weight is 249 g/mol. The van der Waals surface area contributed by atoms with Gasteiger partial charge in [-0.25, -0.2) is 0 Å². The fourth-order valence-electron chi connectivity index (χ4n) is 2.91. The molecular formula is C15H23NO2. The molecule has 0 N–H and O–H groups in total. The molecule has 1 saturated carbocycles. The van der Waals surface area contributed by atoms with Gasteiger partial charge in [0.25, 0.3) is 0 Å². The highest BCUT2D eigenvalue weighted by Crippen LogP contribution is 2.37. The third kappa shape index (κ3) is 2.70. The number of nitrogens with zero attached hydrogens (tertiary/aromatic N) is 1. The number of hydrogen-bond acceptors (Lipinski definition) is 3. The molecule has 1 aliphatic carbocycles. The van der Waals surface area contributed by atoms with E-state index >= 15 is 0 Å². The molecule has 0 amide bonds. The Morgan fingerprint density at radius 2 is 1.67 bits per heavy atom. The van der Waals surface area contributed by atoms with Gasteiger partial charge in [-0.05, 0) is 30.6 Å². The van der Waals surface area contributed by atoms with Crippen molar-refractivity contribution in [2.75, 3.05) is 6.54 Å². The summed E-state index contributed by atoms with van der Waals surface area (Å²) in [5.74, 6) is -0.0968. The molecule has 2 rings (SSSR count). The van der Waals surface area contributed by atoms with Gasteiger partial charge in [-0.2, -0.15) is 0 Å². The van der Waals surface area contributed by atoms with Gasteiger partial charge >= 0.3 is 0 Å². The summed E-state index contributed by atoms with van der Waals surface area (Å²) in [6.45, 7) is 7.11. The lowest BCUT2D eigenvalue weighted by atomic mass is 9.67. The van der Waals surface area contributed by atoms with Gasteiger partial charge in [0.15, 0.2) is 0 Å². The maximum Gasteiger partial charge on any atom is 0.149 e. The topological polar surface area (TPSA) is 46.5 Å². The zero-order valence-corrected chi connectivity index (χ0v) is 11.7. The predicted octanol–water partition coefficient (Wildman–Crippen LogP) is 2.82. The molecular weight excluding hydrogens is 226 g/mol. The van der Waals surface area contributed by atoms with Gasteiger partial charge in [-0.15, -0.1) is 0 Å². The van der Waals surface area contributed by atoms with Gasteiger partial charge in [-0.3, -0.25) is 14.6 Å². The molecule has 0 saturated heterocycles. The molecule has 18 heavy (non-hydrogen) atoms. The lowest BCUT2D eigenvalue weighted by Gasteiger charge is -2.35. The van der Waals surface area contributed by atoms with Crippen LogP contribution >= 0.6 is 0 Å². The molecule has 1 aliphatic heterocycles. The van der Waals surface area contributed by atoms with Crippen LogP contribution in [0.4, 0.5) is 0 Å². The van der Waals surface area contributed by atoms with Crippen LogP contribution in [-0.4, -0.2) is 23.8 Å². The van der Waals surface area contributed by atoms with E-state index in [2.05, 4.69) is 25.8 Å². The van der Waals surface area contributed by atoms with E-state index in [9.17, 15) is 9.59 Å². The minimum atomic E-state index is -0.496. The highest BCUT2D eigenvalue weighted by Gasteiger charge is 2.42. The second kappa shape index (κ2) is 4.94. The van der Waals surface area contributed by atoms with Gasteiger partial charge in [0.2, 0.25) is 0 Å². The Morgan fingerprint density at radius 3 is 2.11 bits per heavy atom. The summed E-state index contributed by atoms with van der Waals surface area (Å²) in [5.41, 5.74) is 0.897. The maximum atomic E-state index is 12.3. The van der Waals surface area contributed by atoms with Crippen LogP contribution in [0.25, 0.3) is 0 Å². The number of carbonyl (C=O) groups is 2. The van der Waals surface area contributed by atoms with Gasteiger partial charge in [0, 0.05) is 25.1 Å². The Balaban J connectivity index is 2.14. The Labute approximate surface area is 109 Å². The number of ketones is 2. The average Bonchev–Trinajstić information content (AvgIpc) is 2.28. The first kappa shape index (κ1) is 13.4. The largest absolute Gasteiger partial charge is 0.298 e. The third-order valence-corrected chi connectivity index (χ3v) is 4.25. The number of carbonyl (C=O) groups excluding carboxylic acids is 2. The Morgan fingerprint density at radius 1 is 1.06 bits per heavy atom. The summed E-state index contributed by atoms with van der Waals surface area (Å²) in [7, 11) is 0. The smallest absolute Gasteiger partial charge is 0.149 e. The highest BCUT2D eigenvalue weighted by atomic mass is 16.2. The van der Waals surface area contributed by atoms with Crippen LogP contribution in [0.5, 0.6) is 0 Å². The van der Waals surface area contributed by atoms with E-state index in [4.69, 9.17) is 0 Å². The first-order valence-electron chi connectivity index (χ1n) is 6.98. The molecule has 0 aromatic carbocycles. The van der Waals surface area contributed by atoms with Crippen LogP contribution in [0.2, 0.25) is 0 Å². The van der Waals surface area contributed by atoms with Crippen LogP contribution in [0.3, 0.4) is 0 Å². The van der Waals surface area contributed by atoms with Gasteiger partial charge in [0.05, 0.1) is 0 Å². The minimum Gasteiger partial charge on any atom is -0.298 e. The number of hydrogen-bond donors (Lipinski definition) is 0. The number of aliphatic imine (C=N–C) groups is 1. The molecule has 0 bridgehead atoms. The van der Waals surface area contributed by atoms with Crippen molar-refractivity contribution in [1.29, 1.82) is 0 Å². The molecule has 3 heteroatoms. The van der Waals surface area contributed by atoms with Crippen molar-refractivity contribution in [3.8, 4) is 0 Å². The quantitative estimate of drug-likeness (QED) is 0.671. The van der Waals surface area contributed by atoms with Gasteiger partial charge in [0.1, 0.15) is 17.5 Å². The fourth-order valence-corrected chi connectivity index (χ4v) is 2.91. The maximum absolute atomic E-state index is 12.3. The van der Waals surface area contributed by atoms with Crippen molar-refractivity contribution < 1.29 is 9.59 Å². The van der Waals surface area contributed by atoms with Crippen LogP contribution in [-0.2, 0) is 9.59 Å². The number of Topliss-reactive ketones (excluding diaryl/α,β-unsaturated/α-hetero) is 2. The van der Waals surface area contributed by atoms with Crippen molar-refractivity contribution in [2.24, 2.45) is 22.2 Å². The third-order valence-electron chi connectivity index (χ3n) is 4.25. The summed E-state index contributed by atoms with van der Waals surface area (Å²) in [6.07, 6.45) is 4.07. The second-order valence-electron chi connectivity index (χ2n) is 6.67. The molecule has 0 atom stereocenters. The molecule has 2 aliphatic rings. The molecule has 0 spiro atoms. The Bertz CT molecular complexity index is 372. The molecule has 0 aromatic heterocycles. The summed E-state index contributed by atoms with van der Waals surface area (Å²) < 4.78 is 0. The molecule has 0 radical (unpaired) electrons. The standard InChI is InChI=1S/C15H23NO2/c1-15(2,3)10-8-12(17)14(13(18)9-10)11-6-4-5-7-16-11/h10,14H,4-9H2,1-3H3. The van der Waals surface area contributed by atoms with Crippen LogP contribution < -0.4 is 0 Å². The van der Waals surface area contributed by atoms with Crippen LogP contribution in [0.15, 0.2) is 4.99 Å². The predicted molar refractivity (Wildman–Crippen MR) is 71.8 cm³/mol. The van der Waals surface area contributed by atoms with Crippen molar-refractivity contribution in [3.63, 3.8) is 0 Å². The highest BCUT2D eigenvalue weighted by molar-refractivity contribution is 6.22. The Kier molecular flexibility index (Phi) is 3.69. The van der Waals surface area contributed by atoms with Crippen molar-refractivity contribution >= 4 is 17.3 Å². The van der Waals surface area contributed by atoms with E-state index in [0.29, 0.717) is 12.8 Å². The lowest BCUT2D eigenvalue weighted by Crippen LogP contribution is -2.42. The molecule has 100 valence electrons. The monoisotopic (exact) mass is 249 g/mol. The zero-order valence-electron chi connectivity index (χ0n) is 11.7. The van der Waals surface area contributed by atoms with Crippen LogP contribution in [0, 0.1) is 17.3 Å². The lowest BCUT2D eigenvalue weighted by molar-refractivity contribution is -0.136. The van der Waals surface area contributed by atoms with E-state index in [1.54, 1.807) is 0 Å².